The normalized spacial score (nSPS) is 22.8. The van der Waals surface area contributed by atoms with E-state index >= 15 is 0 Å². The van der Waals surface area contributed by atoms with Gasteiger partial charge in [0.15, 0.2) is 0 Å². The van der Waals surface area contributed by atoms with Crippen molar-refractivity contribution in [1.29, 1.82) is 0 Å². The lowest BCUT2D eigenvalue weighted by Gasteiger charge is -2.38. The minimum Gasteiger partial charge on any atom is -0.489 e. The number of ether oxygens (including phenoxy) is 1. The van der Waals surface area contributed by atoms with E-state index in [0.717, 1.165) is 40.5 Å². The van der Waals surface area contributed by atoms with Crippen LogP contribution in [0, 0.1) is 12.8 Å². The maximum absolute atomic E-state index is 13.3. The molecule has 186 valence electrons. The van der Waals surface area contributed by atoms with Crippen molar-refractivity contribution in [3.8, 4) is 5.75 Å². The number of hydrogen-bond donors (Lipinski definition) is 2. The molecule has 0 radical (unpaired) electrons. The summed E-state index contributed by atoms with van der Waals surface area (Å²) in [4.78, 5) is 0.244. The summed E-state index contributed by atoms with van der Waals surface area (Å²) in [5, 5.41) is 4.19. The maximum atomic E-state index is 13.3. The number of fused-ring (bicyclic) bond motifs is 3. The molecule has 0 amide bonds. The highest BCUT2D eigenvalue weighted by Gasteiger charge is 2.38. The molecule has 3 aliphatic rings. The molecule has 6 rings (SSSR count). The average molecular weight is 539 g/mol. The molecule has 3 aromatic carbocycles. The molecular formula is C28H27ClN2O3S2. The third-order valence-electron chi connectivity index (χ3n) is 7.22. The number of nitrogens with one attached hydrogen (secondary N) is 2. The number of halogens is 1. The molecule has 1 fully saturated rings. The molecule has 3 atom stereocenters. The van der Waals surface area contributed by atoms with Gasteiger partial charge in [0.05, 0.1) is 16.6 Å². The van der Waals surface area contributed by atoms with E-state index in [1.165, 1.54) is 5.56 Å². The van der Waals surface area contributed by atoms with E-state index in [0.29, 0.717) is 22.7 Å². The number of sulfonamides is 1. The van der Waals surface area contributed by atoms with Crippen molar-refractivity contribution in [3.63, 3.8) is 0 Å². The van der Waals surface area contributed by atoms with E-state index in [4.69, 9.17) is 16.3 Å². The highest BCUT2D eigenvalue weighted by atomic mass is 35.5. The van der Waals surface area contributed by atoms with Gasteiger partial charge in [0.2, 0.25) is 0 Å². The second kappa shape index (κ2) is 9.36. The molecule has 3 aromatic rings. The van der Waals surface area contributed by atoms with Crippen LogP contribution in [0.25, 0.3) is 0 Å². The lowest BCUT2D eigenvalue weighted by molar-refractivity contribution is 0.240. The zero-order valence-electron chi connectivity index (χ0n) is 19.8. The largest absolute Gasteiger partial charge is 0.489 e. The van der Waals surface area contributed by atoms with Gasteiger partial charge >= 0.3 is 0 Å². The van der Waals surface area contributed by atoms with Crippen molar-refractivity contribution in [2.45, 2.75) is 36.3 Å². The van der Waals surface area contributed by atoms with E-state index in [2.05, 4.69) is 40.4 Å². The first-order chi connectivity index (χ1) is 17.4. The van der Waals surface area contributed by atoms with Crippen molar-refractivity contribution in [1.82, 2.24) is 0 Å². The molecule has 2 heterocycles. The summed E-state index contributed by atoms with van der Waals surface area (Å²) < 4.78 is 35.4. The Hall–Kier alpha value is -2.61. The van der Waals surface area contributed by atoms with E-state index in [-0.39, 0.29) is 16.9 Å². The summed E-state index contributed by atoms with van der Waals surface area (Å²) in [5.74, 6) is 3.45. The summed E-state index contributed by atoms with van der Waals surface area (Å²) in [6.07, 6.45) is 5.66. The molecule has 0 unspecified atom stereocenters. The highest BCUT2D eigenvalue weighted by Crippen LogP contribution is 2.50. The third-order valence-corrected chi connectivity index (χ3v) is 10.0. The lowest BCUT2D eigenvalue weighted by atomic mass is 9.77. The van der Waals surface area contributed by atoms with Crippen molar-refractivity contribution in [2.24, 2.45) is 5.92 Å². The standard InChI is InChI=1S/C28H27ClN2O3S2/c1-17-8-9-19(29)13-27(17)31-36(32,33)22-10-11-26-25(14-22)23-6-3-7-24(23)28(30-26)18-4-2-5-20(12-18)34-21-15-35-16-21/h2-6,8-14,21,23-24,28,30-31H,7,15-16H2,1H3/t23-,24+,28+/m0/s1. The first kappa shape index (κ1) is 23.8. The molecule has 36 heavy (non-hydrogen) atoms. The molecule has 0 saturated carbocycles. The van der Waals surface area contributed by atoms with Crippen LogP contribution in [0.1, 0.15) is 35.1 Å². The van der Waals surface area contributed by atoms with Crippen LogP contribution < -0.4 is 14.8 Å². The molecule has 0 spiro atoms. The summed E-state index contributed by atoms with van der Waals surface area (Å²) in [7, 11) is -3.77. The van der Waals surface area contributed by atoms with Crippen LogP contribution in [0.15, 0.2) is 77.7 Å². The minimum absolute atomic E-state index is 0.117. The summed E-state index contributed by atoms with van der Waals surface area (Å²) in [6.45, 7) is 1.85. The number of anilines is 2. The van der Waals surface area contributed by atoms with Crippen molar-refractivity contribution in [3.05, 3.63) is 94.5 Å². The van der Waals surface area contributed by atoms with Gasteiger partial charge in [-0.25, -0.2) is 8.42 Å². The van der Waals surface area contributed by atoms with E-state index in [9.17, 15) is 8.42 Å². The minimum atomic E-state index is -3.77. The van der Waals surface area contributed by atoms with Gasteiger partial charge in [-0.1, -0.05) is 42.0 Å². The van der Waals surface area contributed by atoms with Gasteiger partial charge in [-0.15, -0.1) is 0 Å². The Labute approximate surface area is 221 Å². The van der Waals surface area contributed by atoms with Crippen LogP contribution in [0.5, 0.6) is 5.75 Å². The zero-order valence-corrected chi connectivity index (χ0v) is 22.2. The molecule has 8 heteroatoms. The Morgan fingerprint density at radius 3 is 2.75 bits per heavy atom. The number of thioether (sulfide) groups is 1. The van der Waals surface area contributed by atoms with E-state index < -0.39 is 10.0 Å². The second-order valence-corrected chi connectivity index (χ2v) is 12.8. The Morgan fingerprint density at radius 2 is 1.94 bits per heavy atom. The van der Waals surface area contributed by atoms with Crippen LogP contribution in [0.3, 0.4) is 0 Å². The van der Waals surface area contributed by atoms with Crippen LogP contribution in [-0.4, -0.2) is 26.0 Å². The van der Waals surface area contributed by atoms with Gasteiger partial charge in [0.25, 0.3) is 10.0 Å². The molecule has 2 aliphatic heterocycles. The quantitative estimate of drug-likeness (QED) is 0.339. The monoisotopic (exact) mass is 538 g/mol. The summed E-state index contributed by atoms with van der Waals surface area (Å²) in [6, 6.07) is 19.0. The Balaban J connectivity index is 1.30. The number of benzene rings is 3. The Kier molecular flexibility index (Phi) is 6.18. The maximum Gasteiger partial charge on any atom is 0.261 e. The molecule has 2 N–H and O–H groups in total. The van der Waals surface area contributed by atoms with Gasteiger partial charge in [-0.3, -0.25) is 4.72 Å². The molecule has 5 nitrogen and oxygen atoms in total. The van der Waals surface area contributed by atoms with Crippen molar-refractivity contribution in [2.75, 3.05) is 21.5 Å². The van der Waals surface area contributed by atoms with Gasteiger partial charge in [-0.05, 0) is 78.4 Å². The fourth-order valence-corrected chi connectivity index (χ4v) is 7.13. The fraction of sp³-hybridized carbons (Fsp3) is 0.286. The van der Waals surface area contributed by atoms with Crippen molar-refractivity contribution >= 4 is 44.8 Å². The predicted molar refractivity (Wildman–Crippen MR) is 148 cm³/mol. The third kappa shape index (κ3) is 4.49. The van der Waals surface area contributed by atoms with Crippen molar-refractivity contribution < 1.29 is 13.2 Å². The van der Waals surface area contributed by atoms with Crippen LogP contribution in [0.2, 0.25) is 5.02 Å². The average Bonchev–Trinajstić information content (AvgIpc) is 3.33. The predicted octanol–water partition coefficient (Wildman–Crippen LogP) is 6.77. The molecular weight excluding hydrogens is 512 g/mol. The van der Waals surface area contributed by atoms with E-state index in [1.54, 1.807) is 24.3 Å². The molecule has 0 aromatic heterocycles. The first-order valence-corrected chi connectivity index (χ1v) is 15.1. The summed E-state index contributed by atoms with van der Waals surface area (Å²) in [5.41, 5.74) is 4.46. The topological polar surface area (TPSA) is 67.4 Å². The Bertz CT molecular complexity index is 1450. The lowest BCUT2D eigenvalue weighted by Crippen LogP contribution is -2.31. The zero-order chi connectivity index (χ0) is 24.9. The smallest absolute Gasteiger partial charge is 0.261 e. The molecule has 0 bridgehead atoms. The molecule has 1 aliphatic carbocycles. The fourth-order valence-electron chi connectivity index (χ4n) is 5.23. The van der Waals surface area contributed by atoms with E-state index in [1.807, 2.05) is 36.9 Å². The molecule has 1 saturated heterocycles. The second-order valence-electron chi connectivity index (χ2n) is 9.64. The van der Waals surface area contributed by atoms with Gasteiger partial charge < -0.3 is 10.1 Å². The van der Waals surface area contributed by atoms with Gasteiger partial charge in [0, 0.05) is 28.1 Å². The number of aryl methyl sites for hydroxylation is 1. The van der Waals surface area contributed by atoms with Crippen LogP contribution in [0.4, 0.5) is 11.4 Å². The van der Waals surface area contributed by atoms with Crippen LogP contribution >= 0.6 is 23.4 Å². The van der Waals surface area contributed by atoms with Gasteiger partial charge in [0.1, 0.15) is 11.9 Å². The SMILES string of the molecule is Cc1ccc(Cl)cc1NS(=O)(=O)c1ccc2c(c1)[C@H]1C=CC[C@H]1[C@@H](c1cccc(OC3CSC3)c1)N2. The Morgan fingerprint density at radius 1 is 1.08 bits per heavy atom. The number of rotatable bonds is 6. The van der Waals surface area contributed by atoms with Gasteiger partial charge in [-0.2, -0.15) is 11.8 Å². The number of hydrogen-bond acceptors (Lipinski definition) is 5. The van der Waals surface area contributed by atoms with Crippen LogP contribution in [-0.2, 0) is 10.0 Å². The first-order valence-electron chi connectivity index (χ1n) is 12.1. The number of allylic oxidation sites excluding steroid dienone is 2. The highest BCUT2D eigenvalue weighted by molar-refractivity contribution is 8.00. The summed E-state index contributed by atoms with van der Waals surface area (Å²) >= 11 is 8.00.